The highest BCUT2D eigenvalue weighted by atomic mass is 35.5. The van der Waals surface area contributed by atoms with Crippen LogP contribution in [0.2, 0.25) is 5.02 Å². The van der Waals surface area contributed by atoms with Crippen LogP contribution in [0.15, 0.2) is 24.5 Å². The smallest absolute Gasteiger partial charge is 0.138 e. The summed E-state index contributed by atoms with van der Waals surface area (Å²) in [6.45, 7) is 2.93. The number of hydrazine groups is 1. The molecular formula is C14H20ClN5O. The molecule has 1 atom stereocenters. The third kappa shape index (κ3) is 3.72. The molecule has 7 heteroatoms. The van der Waals surface area contributed by atoms with Crippen LogP contribution in [-0.4, -0.2) is 21.9 Å². The van der Waals surface area contributed by atoms with Gasteiger partial charge in [-0.1, -0.05) is 18.5 Å². The van der Waals surface area contributed by atoms with Gasteiger partial charge in [0.1, 0.15) is 17.9 Å². The number of nitrogens with zero attached hydrogens (tertiary/aromatic N) is 3. The van der Waals surface area contributed by atoms with E-state index in [2.05, 4.69) is 22.4 Å². The maximum Gasteiger partial charge on any atom is 0.138 e. The molecule has 0 aliphatic heterocycles. The van der Waals surface area contributed by atoms with E-state index in [9.17, 15) is 0 Å². The topological polar surface area (TPSA) is 78.0 Å². The fraction of sp³-hybridized carbons (Fsp3) is 0.429. The van der Waals surface area contributed by atoms with Gasteiger partial charge in [-0.25, -0.2) is 4.98 Å². The van der Waals surface area contributed by atoms with Crippen LogP contribution in [0.1, 0.15) is 30.8 Å². The number of aryl methyl sites for hydroxylation is 1. The molecule has 2 aromatic rings. The number of nitrogens with two attached hydrogens (primary N) is 1. The van der Waals surface area contributed by atoms with Crippen molar-refractivity contribution in [2.45, 2.75) is 32.4 Å². The molecule has 0 saturated carbocycles. The monoisotopic (exact) mass is 309 g/mol. The second-order valence-corrected chi connectivity index (χ2v) is 5.15. The van der Waals surface area contributed by atoms with Crippen LogP contribution < -0.4 is 16.0 Å². The van der Waals surface area contributed by atoms with Crippen molar-refractivity contribution in [2.24, 2.45) is 5.84 Å². The Labute approximate surface area is 129 Å². The van der Waals surface area contributed by atoms with E-state index in [4.69, 9.17) is 22.2 Å². The minimum atomic E-state index is -0.154. The Morgan fingerprint density at radius 1 is 1.48 bits per heavy atom. The van der Waals surface area contributed by atoms with Crippen LogP contribution in [0.25, 0.3) is 0 Å². The zero-order valence-electron chi connectivity index (χ0n) is 12.2. The largest absolute Gasteiger partial charge is 0.496 e. The third-order valence-electron chi connectivity index (χ3n) is 3.29. The zero-order valence-corrected chi connectivity index (χ0v) is 13.0. The summed E-state index contributed by atoms with van der Waals surface area (Å²) in [6.07, 6.45) is 3.17. The van der Waals surface area contributed by atoms with E-state index < -0.39 is 0 Å². The van der Waals surface area contributed by atoms with Gasteiger partial charge in [0.25, 0.3) is 0 Å². The minimum Gasteiger partial charge on any atom is -0.496 e. The Balaban J connectivity index is 2.27. The lowest BCUT2D eigenvalue weighted by Crippen LogP contribution is -2.31. The Hall–Kier alpha value is -1.63. The van der Waals surface area contributed by atoms with Gasteiger partial charge in [0.05, 0.1) is 13.2 Å². The number of nitrogens with one attached hydrogen (secondary N) is 1. The first-order chi connectivity index (χ1) is 10.2. The van der Waals surface area contributed by atoms with Crippen molar-refractivity contribution in [3.05, 3.63) is 40.9 Å². The molecule has 0 amide bonds. The van der Waals surface area contributed by atoms with Crippen molar-refractivity contribution < 1.29 is 4.74 Å². The molecule has 0 spiro atoms. The predicted molar refractivity (Wildman–Crippen MR) is 82.1 cm³/mol. The van der Waals surface area contributed by atoms with Gasteiger partial charge >= 0.3 is 0 Å². The normalized spacial score (nSPS) is 12.4. The average molecular weight is 310 g/mol. The van der Waals surface area contributed by atoms with Crippen LogP contribution in [0.5, 0.6) is 5.75 Å². The van der Waals surface area contributed by atoms with Crippen molar-refractivity contribution in [1.82, 2.24) is 20.2 Å². The summed E-state index contributed by atoms with van der Waals surface area (Å²) in [5.74, 6) is 7.33. The number of hydrogen-bond donors (Lipinski definition) is 2. The molecule has 0 radical (unpaired) electrons. The van der Waals surface area contributed by atoms with Gasteiger partial charge < -0.3 is 4.74 Å². The summed E-state index contributed by atoms with van der Waals surface area (Å²) in [4.78, 5) is 4.31. The summed E-state index contributed by atoms with van der Waals surface area (Å²) in [7, 11) is 1.62. The van der Waals surface area contributed by atoms with Crippen LogP contribution in [0.3, 0.4) is 0 Å². The molecule has 21 heavy (non-hydrogen) atoms. The first-order valence-electron chi connectivity index (χ1n) is 6.85. The number of rotatable bonds is 7. The number of aromatic nitrogens is 3. The van der Waals surface area contributed by atoms with E-state index in [-0.39, 0.29) is 6.04 Å². The highest BCUT2D eigenvalue weighted by molar-refractivity contribution is 6.30. The highest BCUT2D eigenvalue weighted by Crippen LogP contribution is 2.29. The van der Waals surface area contributed by atoms with E-state index in [0.29, 0.717) is 11.4 Å². The summed E-state index contributed by atoms with van der Waals surface area (Å²) >= 11 is 6.08. The summed E-state index contributed by atoms with van der Waals surface area (Å²) < 4.78 is 7.27. The molecule has 0 aliphatic carbocycles. The van der Waals surface area contributed by atoms with Gasteiger partial charge in [-0.15, -0.1) is 0 Å². The molecule has 1 unspecified atom stereocenters. The Morgan fingerprint density at radius 2 is 2.29 bits per heavy atom. The molecule has 2 rings (SSSR count). The average Bonchev–Trinajstić information content (AvgIpc) is 2.92. The molecule has 3 N–H and O–H groups in total. The highest BCUT2D eigenvalue weighted by Gasteiger charge is 2.18. The van der Waals surface area contributed by atoms with Crippen LogP contribution in [-0.2, 0) is 13.0 Å². The molecule has 0 aliphatic rings. The Morgan fingerprint density at radius 3 is 2.95 bits per heavy atom. The SMILES string of the molecule is CCCn1ncnc1CC(NN)c1cc(Cl)ccc1OC. The molecule has 0 fully saturated rings. The van der Waals surface area contributed by atoms with E-state index in [0.717, 1.165) is 30.1 Å². The van der Waals surface area contributed by atoms with Crippen LogP contribution in [0, 0.1) is 0 Å². The lowest BCUT2D eigenvalue weighted by atomic mass is 10.0. The second kappa shape index (κ2) is 7.40. The molecule has 114 valence electrons. The second-order valence-electron chi connectivity index (χ2n) is 4.71. The first kappa shape index (κ1) is 15.8. The standard InChI is InChI=1S/C14H20ClN5O/c1-3-6-20-14(17-9-18-20)8-12(19-16)11-7-10(15)4-5-13(11)21-2/h4-5,7,9,12,19H,3,6,8,16H2,1-2H3. The van der Waals surface area contributed by atoms with Gasteiger partial charge in [-0.3, -0.25) is 16.0 Å². The van der Waals surface area contributed by atoms with Crippen molar-refractivity contribution in [3.63, 3.8) is 0 Å². The number of hydrogen-bond acceptors (Lipinski definition) is 5. The lowest BCUT2D eigenvalue weighted by molar-refractivity contribution is 0.396. The molecular weight excluding hydrogens is 290 g/mol. The molecule has 1 aromatic carbocycles. The number of halogens is 1. The number of methoxy groups -OCH3 is 1. The third-order valence-corrected chi connectivity index (χ3v) is 3.52. The molecule has 1 heterocycles. The van der Waals surface area contributed by atoms with Crippen LogP contribution in [0.4, 0.5) is 0 Å². The van der Waals surface area contributed by atoms with Crippen LogP contribution >= 0.6 is 11.6 Å². The molecule has 1 aromatic heterocycles. The molecule has 0 saturated heterocycles. The summed E-state index contributed by atoms with van der Waals surface area (Å²) in [6, 6.07) is 5.32. The zero-order chi connectivity index (χ0) is 15.2. The number of benzene rings is 1. The van der Waals surface area contributed by atoms with Crippen molar-refractivity contribution in [2.75, 3.05) is 7.11 Å². The molecule has 6 nitrogen and oxygen atoms in total. The maximum atomic E-state index is 6.08. The van der Waals surface area contributed by atoms with Crippen molar-refractivity contribution in [1.29, 1.82) is 0 Å². The maximum absolute atomic E-state index is 6.08. The van der Waals surface area contributed by atoms with Gasteiger partial charge in [-0.05, 0) is 24.6 Å². The van der Waals surface area contributed by atoms with Gasteiger partial charge in [-0.2, -0.15) is 5.10 Å². The van der Waals surface area contributed by atoms with Gasteiger partial charge in [0.2, 0.25) is 0 Å². The van der Waals surface area contributed by atoms with E-state index >= 15 is 0 Å². The fourth-order valence-electron chi connectivity index (χ4n) is 2.26. The van der Waals surface area contributed by atoms with Gasteiger partial charge in [0, 0.05) is 23.6 Å². The Bertz CT molecular complexity index is 586. The summed E-state index contributed by atoms with van der Waals surface area (Å²) in [5.41, 5.74) is 3.71. The van der Waals surface area contributed by atoms with Crippen molar-refractivity contribution in [3.8, 4) is 5.75 Å². The van der Waals surface area contributed by atoms with E-state index in [1.54, 1.807) is 19.5 Å². The predicted octanol–water partition coefficient (Wildman–Crippen LogP) is 2.10. The minimum absolute atomic E-state index is 0.154. The lowest BCUT2D eigenvalue weighted by Gasteiger charge is -2.19. The molecule has 0 bridgehead atoms. The summed E-state index contributed by atoms with van der Waals surface area (Å²) in [5, 5.41) is 4.87. The van der Waals surface area contributed by atoms with Crippen molar-refractivity contribution >= 4 is 11.6 Å². The first-order valence-corrected chi connectivity index (χ1v) is 7.23. The number of ether oxygens (including phenoxy) is 1. The van der Waals surface area contributed by atoms with E-state index in [1.807, 2.05) is 16.8 Å². The Kier molecular flexibility index (Phi) is 5.55. The van der Waals surface area contributed by atoms with E-state index in [1.165, 1.54) is 0 Å². The fourth-order valence-corrected chi connectivity index (χ4v) is 2.44. The van der Waals surface area contributed by atoms with Gasteiger partial charge in [0.15, 0.2) is 0 Å². The quantitative estimate of drug-likeness (QED) is 0.605.